The molecule has 0 radical (unpaired) electrons. The average Bonchev–Trinajstić information content (AvgIpc) is 3.11. The molecule has 6 rings (SSSR count). The molecule has 0 N–H and O–H groups in total. The summed E-state index contributed by atoms with van der Waals surface area (Å²) >= 11 is 0. The first kappa shape index (κ1) is 29.2. The van der Waals surface area contributed by atoms with Gasteiger partial charge in [0.05, 0.1) is 0 Å². The van der Waals surface area contributed by atoms with Gasteiger partial charge in [-0.15, -0.1) is 0 Å². The first-order valence-corrected chi connectivity index (χ1v) is 17.0. The first-order chi connectivity index (χ1) is 21.5. The molecule has 0 bridgehead atoms. The van der Waals surface area contributed by atoms with Gasteiger partial charge in [-0.05, 0) is 0 Å². The van der Waals surface area contributed by atoms with Gasteiger partial charge in [-0.2, -0.15) is 0 Å². The number of rotatable bonds is 9. The first-order valence-electron chi connectivity index (χ1n) is 14.3. The molecule has 0 fully saturated rings. The number of nitrogens with zero attached hydrogens (tertiary/aromatic N) is 2. The van der Waals surface area contributed by atoms with Gasteiger partial charge in [0.25, 0.3) is 0 Å². The van der Waals surface area contributed by atoms with Crippen molar-refractivity contribution in [3.8, 4) is 34.3 Å². The summed E-state index contributed by atoms with van der Waals surface area (Å²) in [6, 6.07) is 41.7. The average molecular weight is 603 g/mol. The Bertz CT molecular complexity index is 1830. The van der Waals surface area contributed by atoms with E-state index >= 15 is 0 Å². The normalized spacial score (nSPS) is 12.2. The van der Waals surface area contributed by atoms with Crippen LogP contribution in [0.1, 0.15) is 0 Å². The molecule has 0 atom stereocenters. The van der Waals surface area contributed by atoms with Crippen LogP contribution in [0, 0.1) is 0 Å². The van der Waals surface area contributed by atoms with Gasteiger partial charge in [0.15, 0.2) is 0 Å². The van der Waals surface area contributed by atoms with Crippen molar-refractivity contribution in [2.24, 2.45) is 0 Å². The molecule has 0 aliphatic carbocycles. The fourth-order valence-corrected chi connectivity index (χ4v) is 11.1. The Morgan fingerprint density at radius 2 is 0.932 bits per heavy atom. The van der Waals surface area contributed by atoms with Crippen molar-refractivity contribution in [1.29, 1.82) is 0 Å². The summed E-state index contributed by atoms with van der Waals surface area (Å²) in [4.78, 5) is 11.0. The van der Waals surface area contributed by atoms with Crippen molar-refractivity contribution in [1.82, 2.24) is 9.97 Å². The topological polar surface area (TPSA) is 62.7 Å². The van der Waals surface area contributed by atoms with Crippen LogP contribution in [-0.2, 0) is 0 Å². The van der Waals surface area contributed by atoms with Gasteiger partial charge in [-0.1, -0.05) is 0 Å². The van der Waals surface area contributed by atoms with Gasteiger partial charge in [-0.3, -0.25) is 0 Å². The fourth-order valence-electron chi connectivity index (χ4n) is 6.09. The molecule has 0 amide bonds. The quantitative estimate of drug-likeness (QED) is 0.186. The van der Waals surface area contributed by atoms with Crippen LogP contribution in [0.5, 0.6) is 23.0 Å². The van der Waals surface area contributed by atoms with Crippen LogP contribution in [-0.4, -0.2) is 45.1 Å². The van der Waals surface area contributed by atoms with E-state index in [9.17, 15) is 0 Å². The summed E-state index contributed by atoms with van der Waals surface area (Å²) < 4.78 is 22.7. The second-order valence-electron chi connectivity index (χ2n) is 10.7. The van der Waals surface area contributed by atoms with E-state index in [1.54, 1.807) is 28.4 Å². The summed E-state index contributed by atoms with van der Waals surface area (Å²) in [5.41, 5.74) is 3.11. The summed E-state index contributed by atoms with van der Waals surface area (Å²) in [5.74, 6) is 2.45. The molecular weight excluding hydrogens is 567 g/mol. The van der Waals surface area contributed by atoms with Gasteiger partial charge in [0, 0.05) is 0 Å². The molecule has 0 spiro atoms. The Labute approximate surface area is 258 Å². The number of methoxy groups -OCH3 is 4. The third-order valence-corrected chi connectivity index (χ3v) is 14.5. The number of aromatic nitrogens is 2. The molecule has 0 saturated carbocycles. The van der Waals surface area contributed by atoms with Gasteiger partial charge >= 0.3 is 259 Å². The summed E-state index contributed by atoms with van der Waals surface area (Å²) in [6.45, 7) is -1.20. The van der Waals surface area contributed by atoms with Crippen LogP contribution >= 0.6 is 6.60 Å². The molecule has 1 heterocycles. The van der Waals surface area contributed by atoms with E-state index in [1.807, 2.05) is 48.5 Å². The van der Waals surface area contributed by atoms with E-state index in [-0.39, 0.29) is 0 Å². The number of hydrogen-bond donors (Lipinski definition) is 0. The van der Waals surface area contributed by atoms with Crippen LogP contribution in [0.4, 0.5) is 0 Å². The Morgan fingerprint density at radius 3 is 1.41 bits per heavy atom. The second kappa shape index (κ2) is 11.6. The number of benzene rings is 5. The van der Waals surface area contributed by atoms with Crippen molar-refractivity contribution in [2.75, 3.05) is 35.1 Å². The zero-order valence-electron chi connectivity index (χ0n) is 25.5. The van der Waals surface area contributed by atoms with E-state index in [1.165, 1.54) is 0 Å². The monoisotopic (exact) mass is 602 g/mol. The van der Waals surface area contributed by atoms with E-state index in [2.05, 4.69) is 79.5 Å². The SMILES string of the molecule is COc1ccc(-c2nc(P(C)(c3ccccc3)(c3ccccc3)c3ccccc3)nc3cc(OC)c(OC)cc23)cc1OC. The molecule has 7 heteroatoms. The van der Waals surface area contributed by atoms with E-state index in [4.69, 9.17) is 28.9 Å². The van der Waals surface area contributed by atoms with E-state index in [0.29, 0.717) is 23.0 Å². The zero-order chi connectivity index (χ0) is 30.8. The summed E-state index contributed by atoms with van der Waals surface area (Å²) in [6.07, 6.45) is 0. The molecule has 6 nitrogen and oxygen atoms in total. The van der Waals surface area contributed by atoms with Crippen molar-refractivity contribution in [3.63, 3.8) is 0 Å². The number of ether oxygens (including phenoxy) is 4. The van der Waals surface area contributed by atoms with Gasteiger partial charge < -0.3 is 0 Å². The number of fused-ring (bicyclic) bond motifs is 1. The second-order valence-corrected chi connectivity index (χ2v) is 15.8. The van der Waals surface area contributed by atoms with Crippen LogP contribution < -0.4 is 40.4 Å². The predicted molar refractivity (Wildman–Crippen MR) is 182 cm³/mol. The van der Waals surface area contributed by atoms with Crippen molar-refractivity contribution in [2.45, 2.75) is 0 Å². The Hall–Kier alpha value is -4.93. The van der Waals surface area contributed by atoms with Crippen LogP contribution in [0.25, 0.3) is 22.2 Å². The Balaban J connectivity index is 1.83. The standard InChI is InChI=1S/C37H35N2O4P/c1-40-32-22-21-26(23-33(32)41-2)36-30-24-34(42-3)35(43-4)25-31(30)38-37(39-36)44(5,27-15-9-6-10-16-27,28-17-11-7-12-18-28)29-19-13-8-14-20-29/h6-25H,1-5H3. The zero-order valence-corrected chi connectivity index (χ0v) is 26.4. The summed E-state index contributed by atoms with van der Waals surface area (Å²) in [7, 11) is 6.54. The van der Waals surface area contributed by atoms with Crippen molar-refractivity contribution < 1.29 is 18.9 Å². The maximum absolute atomic E-state index is 5.75. The molecule has 1 aromatic heterocycles. The van der Waals surface area contributed by atoms with E-state index < -0.39 is 6.60 Å². The van der Waals surface area contributed by atoms with Crippen LogP contribution in [0.3, 0.4) is 0 Å². The predicted octanol–water partition coefficient (Wildman–Crippen LogP) is 6.12. The fraction of sp³-hybridized carbons (Fsp3) is 0.135. The van der Waals surface area contributed by atoms with Crippen molar-refractivity contribution in [3.05, 3.63) is 121 Å². The van der Waals surface area contributed by atoms with E-state index in [0.717, 1.165) is 43.6 Å². The Morgan fingerprint density at radius 1 is 0.477 bits per heavy atom. The maximum atomic E-state index is 5.75. The molecule has 44 heavy (non-hydrogen) atoms. The van der Waals surface area contributed by atoms with Gasteiger partial charge in [-0.25, -0.2) is 0 Å². The minimum absolute atomic E-state index is 0.596. The third-order valence-electron chi connectivity index (χ3n) is 8.55. The van der Waals surface area contributed by atoms with Crippen LogP contribution in [0.15, 0.2) is 121 Å². The molecule has 0 saturated heterocycles. The molecule has 0 aliphatic rings. The molecular formula is C37H35N2O4P. The molecule has 5 aromatic carbocycles. The van der Waals surface area contributed by atoms with Crippen LogP contribution in [0.2, 0.25) is 0 Å². The molecule has 6 aromatic rings. The van der Waals surface area contributed by atoms with Gasteiger partial charge in [0.1, 0.15) is 0 Å². The molecule has 0 aliphatic heterocycles. The molecule has 222 valence electrons. The molecule has 0 unspecified atom stereocenters. The van der Waals surface area contributed by atoms with Gasteiger partial charge in [0.2, 0.25) is 0 Å². The Kier molecular flexibility index (Phi) is 7.71. The van der Waals surface area contributed by atoms with Crippen molar-refractivity contribution >= 4 is 39.0 Å². The number of hydrogen-bond acceptors (Lipinski definition) is 6. The minimum atomic E-state index is -3.56. The third kappa shape index (κ3) is 4.45. The summed E-state index contributed by atoms with van der Waals surface area (Å²) in [5, 5.41) is 4.31.